The van der Waals surface area contributed by atoms with Crippen LogP contribution in [0.25, 0.3) is 0 Å². The third-order valence-electron chi connectivity index (χ3n) is 3.49. The van der Waals surface area contributed by atoms with Crippen molar-refractivity contribution in [1.29, 1.82) is 0 Å². The predicted molar refractivity (Wildman–Crippen MR) is 73.5 cm³/mol. The number of rotatable bonds is 3. The average Bonchev–Trinajstić information content (AvgIpc) is 2.38. The molecule has 1 heterocycles. The highest BCUT2D eigenvalue weighted by atomic mass is 16.5. The van der Waals surface area contributed by atoms with E-state index in [2.05, 4.69) is 23.6 Å². The van der Waals surface area contributed by atoms with E-state index in [0.717, 1.165) is 31.7 Å². The molecule has 0 aromatic heterocycles. The Hall–Kier alpha value is -1.55. The van der Waals surface area contributed by atoms with Crippen molar-refractivity contribution in [3.63, 3.8) is 0 Å². The minimum absolute atomic E-state index is 0.153. The summed E-state index contributed by atoms with van der Waals surface area (Å²) in [6.07, 6.45) is 2.20. The smallest absolute Gasteiger partial charge is 0.337 e. The van der Waals surface area contributed by atoms with Crippen molar-refractivity contribution in [3.05, 3.63) is 29.8 Å². The maximum absolute atomic E-state index is 11.4. The van der Waals surface area contributed by atoms with Crippen LogP contribution in [0.15, 0.2) is 24.3 Å². The van der Waals surface area contributed by atoms with Crippen LogP contribution in [0.4, 0.5) is 0 Å². The molecular formula is C15H21NO3. The lowest BCUT2D eigenvalue weighted by Gasteiger charge is -2.39. The van der Waals surface area contributed by atoms with Crippen molar-refractivity contribution in [2.75, 3.05) is 27.2 Å². The van der Waals surface area contributed by atoms with E-state index < -0.39 is 0 Å². The zero-order valence-electron chi connectivity index (χ0n) is 11.8. The number of likely N-dealkylation sites (tertiary alicyclic amines) is 1. The van der Waals surface area contributed by atoms with Gasteiger partial charge in [-0.2, -0.15) is 0 Å². The van der Waals surface area contributed by atoms with Crippen LogP contribution in [-0.4, -0.2) is 43.7 Å². The van der Waals surface area contributed by atoms with Crippen molar-refractivity contribution in [3.8, 4) is 5.75 Å². The van der Waals surface area contributed by atoms with Crippen LogP contribution in [0.5, 0.6) is 5.75 Å². The number of likely N-dealkylation sites (N-methyl/N-ethyl adjacent to an activating group) is 1. The van der Waals surface area contributed by atoms with Gasteiger partial charge in [0.1, 0.15) is 11.4 Å². The molecule has 1 unspecified atom stereocenters. The number of hydrogen-bond acceptors (Lipinski definition) is 4. The van der Waals surface area contributed by atoms with Gasteiger partial charge in [0.15, 0.2) is 0 Å². The van der Waals surface area contributed by atoms with E-state index in [1.807, 2.05) is 12.1 Å². The minimum Gasteiger partial charge on any atom is -0.486 e. The molecule has 0 N–H and O–H groups in total. The van der Waals surface area contributed by atoms with Crippen molar-refractivity contribution in [2.24, 2.45) is 0 Å². The molecule has 4 nitrogen and oxygen atoms in total. The number of nitrogens with zero attached hydrogens (tertiary/aromatic N) is 1. The van der Waals surface area contributed by atoms with Gasteiger partial charge >= 0.3 is 5.97 Å². The van der Waals surface area contributed by atoms with Gasteiger partial charge < -0.3 is 14.4 Å². The maximum atomic E-state index is 11.4. The van der Waals surface area contributed by atoms with Crippen LogP contribution in [0, 0.1) is 0 Å². The summed E-state index contributed by atoms with van der Waals surface area (Å²) in [4.78, 5) is 13.6. The average molecular weight is 263 g/mol. The molecule has 1 saturated heterocycles. The summed E-state index contributed by atoms with van der Waals surface area (Å²) in [5.74, 6) is 0.473. The standard InChI is InChI=1S/C15H21NO3/c1-15(9-4-10-16(2)11-15)19-13-7-5-12(6-8-13)14(17)18-3/h5-8H,4,9-11H2,1-3H3. The first-order valence-electron chi connectivity index (χ1n) is 6.58. The number of piperidine rings is 1. The molecular weight excluding hydrogens is 242 g/mol. The van der Waals surface area contributed by atoms with E-state index >= 15 is 0 Å². The monoisotopic (exact) mass is 263 g/mol. The van der Waals surface area contributed by atoms with Crippen molar-refractivity contribution in [1.82, 2.24) is 4.90 Å². The van der Waals surface area contributed by atoms with E-state index in [4.69, 9.17) is 4.74 Å². The van der Waals surface area contributed by atoms with Crippen LogP contribution in [0.3, 0.4) is 0 Å². The molecule has 1 fully saturated rings. The van der Waals surface area contributed by atoms with Crippen molar-refractivity contribution in [2.45, 2.75) is 25.4 Å². The van der Waals surface area contributed by atoms with Crippen LogP contribution < -0.4 is 4.74 Å². The molecule has 1 aliphatic heterocycles. The first-order valence-corrected chi connectivity index (χ1v) is 6.58. The second-order valence-corrected chi connectivity index (χ2v) is 5.41. The molecule has 0 saturated carbocycles. The molecule has 2 rings (SSSR count). The molecule has 4 heteroatoms. The molecule has 0 spiro atoms. The quantitative estimate of drug-likeness (QED) is 0.785. The van der Waals surface area contributed by atoms with Gasteiger partial charge in [-0.15, -0.1) is 0 Å². The number of carbonyl (C=O) groups is 1. The van der Waals surface area contributed by atoms with Gasteiger partial charge in [-0.3, -0.25) is 0 Å². The van der Waals surface area contributed by atoms with Crippen LogP contribution in [-0.2, 0) is 4.74 Å². The lowest BCUT2D eigenvalue weighted by Crippen LogP contribution is -2.48. The molecule has 1 aliphatic rings. The number of ether oxygens (including phenoxy) is 2. The fraction of sp³-hybridized carbons (Fsp3) is 0.533. The van der Waals surface area contributed by atoms with Gasteiger partial charge in [0.25, 0.3) is 0 Å². The number of hydrogen-bond donors (Lipinski definition) is 0. The fourth-order valence-electron chi connectivity index (χ4n) is 2.60. The van der Waals surface area contributed by atoms with Gasteiger partial charge in [0.05, 0.1) is 12.7 Å². The normalized spacial score (nSPS) is 23.9. The third-order valence-corrected chi connectivity index (χ3v) is 3.49. The summed E-state index contributed by atoms with van der Waals surface area (Å²) >= 11 is 0. The summed E-state index contributed by atoms with van der Waals surface area (Å²) < 4.78 is 10.8. The van der Waals surface area contributed by atoms with E-state index in [9.17, 15) is 4.79 Å². The Morgan fingerprint density at radius 3 is 2.58 bits per heavy atom. The minimum atomic E-state index is -0.324. The first-order chi connectivity index (χ1) is 9.02. The van der Waals surface area contributed by atoms with Crippen molar-refractivity contribution < 1.29 is 14.3 Å². The van der Waals surface area contributed by atoms with Crippen LogP contribution in [0.1, 0.15) is 30.1 Å². The first kappa shape index (κ1) is 13.9. The fourth-order valence-corrected chi connectivity index (χ4v) is 2.60. The molecule has 0 bridgehead atoms. The van der Waals surface area contributed by atoms with Gasteiger partial charge in [-0.1, -0.05) is 0 Å². The Morgan fingerprint density at radius 1 is 1.32 bits per heavy atom. The Balaban J connectivity index is 2.04. The van der Waals surface area contributed by atoms with Gasteiger partial charge in [-0.05, 0) is 57.6 Å². The Bertz CT molecular complexity index is 443. The third kappa shape index (κ3) is 3.47. The second-order valence-electron chi connectivity index (χ2n) is 5.41. The largest absolute Gasteiger partial charge is 0.486 e. The van der Waals surface area contributed by atoms with Crippen LogP contribution >= 0.6 is 0 Å². The Kier molecular flexibility index (Phi) is 4.10. The summed E-state index contributed by atoms with van der Waals surface area (Å²) in [5, 5.41) is 0. The summed E-state index contributed by atoms with van der Waals surface area (Å²) in [5.41, 5.74) is 0.389. The lowest BCUT2D eigenvalue weighted by atomic mass is 9.95. The summed E-state index contributed by atoms with van der Waals surface area (Å²) in [6.45, 7) is 4.18. The van der Waals surface area contributed by atoms with E-state index in [0.29, 0.717) is 5.56 Å². The summed E-state index contributed by atoms with van der Waals surface area (Å²) in [7, 11) is 3.49. The molecule has 19 heavy (non-hydrogen) atoms. The highest BCUT2D eigenvalue weighted by Gasteiger charge is 2.31. The highest BCUT2D eigenvalue weighted by molar-refractivity contribution is 5.89. The van der Waals surface area contributed by atoms with Gasteiger partial charge in [-0.25, -0.2) is 4.79 Å². The van der Waals surface area contributed by atoms with E-state index in [1.165, 1.54) is 7.11 Å². The van der Waals surface area contributed by atoms with E-state index in [1.54, 1.807) is 12.1 Å². The second kappa shape index (κ2) is 5.61. The SMILES string of the molecule is COC(=O)c1ccc(OC2(C)CCCN(C)C2)cc1. The molecule has 0 radical (unpaired) electrons. The predicted octanol–water partition coefficient (Wildman–Crippen LogP) is 2.34. The molecule has 1 aromatic rings. The number of esters is 1. The topological polar surface area (TPSA) is 38.8 Å². The molecule has 1 aromatic carbocycles. The van der Waals surface area contributed by atoms with E-state index in [-0.39, 0.29) is 11.6 Å². The number of carbonyl (C=O) groups excluding carboxylic acids is 1. The van der Waals surface area contributed by atoms with Crippen LogP contribution in [0.2, 0.25) is 0 Å². The Morgan fingerprint density at radius 2 is 2.00 bits per heavy atom. The number of benzene rings is 1. The summed E-state index contributed by atoms with van der Waals surface area (Å²) in [6, 6.07) is 7.12. The number of methoxy groups -OCH3 is 1. The highest BCUT2D eigenvalue weighted by Crippen LogP contribution is 2.27. The molecule has 104 valence electrons. The molecule has 0 amide bonds. The Labute approximate surface area is 114 Å². The maximum Gasteiger partial charge on any atom is 0.337 e. The van der Waals surface area contributed by atoms with Gasteiger partial charge in [0, 0.05) is 6.54 Å². The lowest BCUT2D eigenvalue weighted by molar-refractivity contribution is 0.0156. The zero-order valence-corrected chi connectivity index (χ0v) is 11.8. The zero-order chi connectivity index (χ0) is 13.9. The van der Waals surface area contributed by atoms with Crippen molar-refractivity contribution >= 4 is 5.97 Å². The van der Waals surface area contributed by atoms with Gasteiger partial charge in [0.2, 0.25) is 0 Å². The molecule has 0 aliphatic carbocycles. The molecule has 1 atom stereocenters.